The predicted molar refractivity (Wildman–Crippen MR) is 149 cm³/mol. The lowest BCUT2D eigenvalue weighted by molar-refractivity contribution is -0.137. The molecule has 3 rings (SSSR count). The monoisotopic (exact) mass is 515 g/mol. The van der Waals surface area contributed by atoms with Gasteiger partial charge in [0.1, 0.15) is 23.7 Å². The van der Waals surface area contributed by atoms with Crippen molar-refractivity contribution in [3.63, 3.8) is 0 Å². The van der Waals surface area contributed by atoms with Crippen molar-refractivity contribution in [1.29, 1.82) is 0 Å². The number of aromatic nitrogens is 1. The van der Waals surface area contributed by atoms with Gasteiger partial charge in [-0.1, -0.05) is 82.3 Å². The number of carboxylic acid groups (broad SMARTS) is 1. The molecule has 3 aromatic rings. The maximum absolute atomic E-state index is 13.4. The average Bonchev–Trinajstić information content (AvgIpc) is 2.89. The zero-order chi connectivity index (χ0) is 27.9. The van der Waals surface area contributed by atoms with E-state index in [2.05, 4.69) is 4.98 Å². The molecule has 1 N–H and O–H groups in total. The van der Waals surface area contributed by atoms with Crippen LogP contribution >= 0.6 is 0 Å². The molecular weight excluding hydrogens is 478 g/mol. The van der Waals surface area contributed by atoms with Crippen molar-refractivity contribution in [1.82, 2.24) is 4.98 Å². The van der Waals surface area contributed by atoms with Crippen molar-refractivity contribution in [3.05, 3.63) is 83.6 Å². The quantitative estimate of drug-likeness (QED) is 0.264. The van der Waals surface area contributed by atoms with E-state index in [0.717, 1.165) is 16.7 Å². The Labute approximate surface area is 225 Å². The number of pyridine rings is 1. The fourth-order valence-corrected chi connectivity index (χ4v) is 4.32. The van der Waals surface area contributed by atoms with E-state index in [4.69, 9.17) is 4.74 Å². The molecule has 1 aromatic heterocycles. The van der Waals surface area contributed by atoms with Gasteiger partial charge in [0.25, 0.3) is 0 Å². The van der Waals surface area contributed by atoms with Crippen LogP contribution in [-0.4, -0.2) is 34.2 Å². The molecule has 0 aliphatic heterocycles. The van der Waals surface area contributed by atoms with Crippen LogP contribution in [0.5, 0.6) is 5.75 Å². The third-order valence-corrected chi connectivity index (χ3v) is 6.80. The van der Waals surface area contributed by atoms with Gasteiger partial charge >= 0.3 is 5.97 Å². The fourth-order valence-electron chi connectivity index (χ4n) is 4.32. The van der Waals surface area contributed by atoms with Gasteiger partial charge in [-0.25, -0.2) is 4.98 Å². The van der Waals surface area contributed by atoms with E-state index < -0.39 is 11.4 Å². The number of aliphatic carboxylic acids is 1. The summed E-state index contributed by atoms with van der Waals surface area (Å²) in [5, 5.41) is 9.47. The molecule has 0 radical (unpaired) electrons. The number of ether oxygens (including phenoxy) is 1. The Morgan fingerprint density at radius 1 is 0.921 bits per heavy atom. The summed E-state index contributed by atoms with van der Waals surface area (Å²) < 4.78 is 5.87. The van der Waals surface area contributed by atoms with Gasteiger partial charge < -0.3 is 9.84 Å². The van der Waals surface area contributed by atoms with Crippen LogP contribution in [-0.2, 0) is 9.59 Å². The van der Waals surface area contributed by atoms with Gasteiger partial charge in [-0.15, -0.1) is 0 Å². The topological polar surface area (TPSA) is 93.6 Å². The number of carbonyl (C=O) groups excluding carboxylic acids is 2. The first-order valence-electron chi connectivity index (χ1n) is 13.0. The lowest BCUT2D eigenvalue weighted by Crippen LogP contribution is -2.26. The third kappa shape index (κ3) is 7.60. The zero-order valence-corrected chi connectivity index (χ0v) is 22.9. The highest BCUT2D eigenvalue weighted by atomic mass is 16.5. The smallest absolute Gasteiger partial charge is 0.303 e. The SMILES string of the molecule is Cc1ccccc1[C@@H](CCC(C)C(=O)c1ccc(OCC(=O)C(C)(C)C)c(-c2ccccc2)n1)CC(=O)O. The molecule has 1 unspecified atom stereocenters. The van der Waals surface area contributed by atoms with Crippen LogP contribution in [0.4, 0.5) is 0 Å². The van der Waals surface area contributed by atoms with Crippen LogP contribution in [0.15, 0.2) is 66.7 Å². The van der Waals surface area contributed by atoms with Gasteiger partial charge in [-0.05, 0) is 48.9 Å². The van der Waals surface area contributed by atoms with Gasteiger partial charge in [-0.3, -0.25) is 14.4 Å². The Hall–Kier alpha value is -3.80. The normalized spacial score (nSPS) is 13.0. The average molecular weight is 516 g/mol. The first-order valence-corrected chi connectivity index (χ1v) is 13.0. The van der Waals surface area contributed by atoms with Gasteiger partial charge in [0, 0.05) is 16.9 Å². The molecule has 1 heterocycles. The number of carbonyl (C=O) groups is 3. The van der Waals surface area contributed by atoms with E-state index in [9.17, 15) is 19.5 Å². The minimum Gasteiger partial charge on any atom is -0.484 e. The number of hydrogen-bond acceptors (Lipinski definition) is 5. The molecule has 0 aliphatic carbocycles. The molecule has 6 heteroatoms. The molecule has 0 spiro atoms. The highest BCUT2D eigenvalue weighted by Crippen LogP contribution is 2.32. The zero-order valence-electron chi connectivity index (χ0n) is 22.9. The van der Waals surface area contributed by atoms with Gasteiger partial charge in [0.15, 0.2) is 11.6 Å². The maximum atomic E-state index is 13.4. The van der Waals surface area contributed by atoms with E-state index in [1.54, 1.807) is 12.1 Å². The standard InChI is InChI=1S/C32H37NO5/c1-21-11-9-10-14-25(21)24(19-29(35)36)16-15-22(2)31(37)26-17-18-27(38-20-28(34)32(3,4)5)30(33-26)23-12-7-6-8-13-23/h6-14,17-18,22,24H,15-16,19-20H2,1-5H3,(H,35,36)/t22?,24-/m0/s1. The number of hydrogen-bond donors (Lipinski definition) is 1. The van der Waals surface area contributed by atoms with Crippen LogP contribution in [0.3, 0.4) is 0 Å². The predicted octanol–water partition coefficient (Wildman–Crippen LogP) is 6.91. The largest absolute Gasteiger partial charge is 0.484 e. The molecule has 0 saturated carbocycles. The summed E-state index contributed by atoms with van der Waals surface area (Å²) in [6, 6.07) is 20.6. The molecule has 0 saturated heterocycles. The van der Waals surface area contributed by atoms with E-state index in [-0.39, 0.29) is 36.4 Å². The highest BCUT2D eigenvalue weighted by Gasteiger charge is 2.25. The van der Waals surface area contributed by atoms with E-state index in [0.29, 0.717) is 30.0 Å². The number of ketones is 2. The number of nitrogens with zero attached hydrogens (tertiary/aromatic N) is 1. The molecule has 2 aromatic carbocycles. The lowest BCUT2D eigenvalue weighted by Gasteiger charge is -2.20. The third-order valence-electron chi connectivity index (χ3n) is 6.80. The minimum atomic E-state index is -0.855. The Morgan fingerprint density at radius 3 is 2.21 bits per heavy atom. The second-order valence-corrected chi connectivity index (χ2v) is 10.9. The highest BCUT2D eigenvalue weighted by molar-refractivity contribution is 5.96. The molecule has 200 valence electrons. The molecule has 6 nitrogen and oxygen atoms in total. The van der Waals surface area contributed by atoms with Crippen LogP contribution in [0, 0.1) is 18.3 Å². The lowest BCUT2D eigenvalue weighted by atomic mass is 9.85. The minimum absolute atomic E-state index is 0.0154. The maximum Gasteiger partial charge on any atom is 0.303 e. The van der Waals surface area contributed by atoms with Crippen molar-refractivity contribution >= 4 is 17.5 Å². The number of carboxylic acids is 1. The summed E-state index contributed by atoms with van der Waals surface area (Å²) in [4.78, 5) is 42.0. The number of rotatable bonds is 12. The summed E-state index contributed by atoms with van der Waals surface area (Å²) in [5.74, 6) is -1.08. The summed E-state index contributed by atoms with van der Waals surface area (Å²) in [5.41, 5.74) is 3.14. The molecule has 0 amide bonds. The molecule has 38 heavy (non-hydrogen) atoms. The van der Waals surface area contributed by atoms with E-state index in [1.165, 1.54) is 0 Å². The van der Waals surface area contributed by atoms with Crippen molar-refractivity contribution in [2.45, 2.75) is 59.8 Å². The second-order valence-electron chi connectivity index (χ2n) is 10.9. The molecule has 2 atom stereocenters. The Kier molecular flexibility index (Phi) is 9.56. The fraction of sp³-hybridized carbons (Fsp3) is 0.375. The van der Waals surface area contributed by atoms with Crippen molar-refractivity contribution in [2.24, 2.45) is 11.3 Å². The van der Waals surface area contributed by atoms with Crippen LogP contribution < -0.4 is 4.74 Å². The molecule has 0 bridgehead atoms. The summed E-state index contributed by atoms with van der Waals surface area (Å²) in [6.45, 7) is 9.29. The number of Topliss-reactive ketones (excluding diaryl/α,β-unsaturated/α-hetero) is 2. The van der Waals surface area contributed by atoms with E-state index in [1.807, 2.05) is 89.2 Å². The summed E-state index contributed by atoms with van der Waals surface area (Å²) >= 11 is 0. The van der Waals surface area contributed by atoms with Gasteiger partial charge in [0.2, 0.25) is 0 Å². The first-order chi connectivity index (χ1) is 18.0. The van der Waals surface area contributed by atoms with E-state index >= 15 is 0 Å². The van der Waals surface area contributed by atoms with Crippen LogP contribution in [0.25, 0.3) is 11.3 Å². The Balaban J connectivity index is 1.81. The summed E-state index contributed by atoms with van der Waals surface area (Å²) in [7, 11) is 0. The molecule has 0 aliphatic rings. The van der Waals surface area contributed by atoms with Crippen molar-refractivity contribution in [3.8, 4) is 17.0 Å². The molecule has 0 fully saturated rings. The first kappa shape index (κ1) is 28.8. The Bertz CT molecular complexity index is 1280. The van der Waals surface area contributed by atoms with Crippen molar-refractivity contribution < 1.29 is 24.2 Å². The summed E-state index contributed by atoms with van der Waals surface area (Å²) in [6.07, 6.45) is 1.12. The van der Waals surface area contributed by atoms with Crippen molar-refractivity contribution in [2.75, 3.05) is 6.61 Å². The second kappa shape index (κ2) is 12.6. The van der Waals surface area contributed by atoms with Crippen LogP contribution in [0.1, 0.15) is 74.5 Å². The Morgan fingerprint density at radius 2 is 1.58 bits per heavy atom. The van der Waals surface area contributed by atoms with Gasteiger partial charge in [0.05, 0.1) is 6.42 Å². The van der Waals surface area contributed by atoms with Gasteiger partial charge in [-0.2, -0.15) is 0 Å². The van der Waals surface area contributed by atoms with Crippen LogP contribution in [0.2, 0.25) is 0 Å². The number of aryl methyl sites for hydroxylation is 1. The molecular formula is C32H37NO5. The number of benzene rings is 2.